The van der Waals surface area contributed by atoms with Gasteiger partial charge in [0.2, 0.25) is 0 Å². The van der Waals surface area contributed by atoms with Gasteiger partial charge in [0.1, 0.15) is 11.3 Å². The van der Waals surface area contributed by atoms with Crippen molar-refractivity contribution in [3.8, 4) is 17.0 Å². The van der Waals surface area contributed by atoms with Crippen molar-refractivity contribution in [2.75, 3.05) is 26.2 Å². The molecular formula is C26H25N3O3. The molecule has 0 spiro atoms. The summed E-state index contributed by atoms with van der Waals surface area (Å²) in [6, 6.07) is 21.2. The molecule has 6 nitrogen and oxygen atoms in total. The second-order valence-electron chi connectivity index (χ2n) is 8.18. The highest BCUT2D eigenvalue weighted by Gasteiger charge is 2.21. The lowest BCUT2D eigenvalue weighted by atomic mass is 10.1. The van der Waals surface area contributed by atoms with E-state index in [0.717, 1.165) is 38.1 Å². The smallest absolute Gasteiger partial charge is 0.345 e. The Balaban J connectivity index is 1.35. The molecule has 1 aliphatic rings. The summed E-state index contributed by atoms with van der Waals surface area (Å²) in [5.41, 5.74) is 2.97. The van der Waals surface area contributed by atoms with Crippen molar-refractivity contribution in [3.05, 3.63) is 94.5 Å². The molecule has 6 heteroatoms. The minimum absolute atomic E-state index is 0.151. The monoisotopic (exact) mass is 427 g/mol. The Morgan fingerprint density at radius 2 is 1.59 bits per heavy atom. The third kappa shape index (κ3) is 4.28. The average molecular weight is 428 g/mol. The third-order valence-electron chi connectivity index (χ3n) is 6.02. The lowest BCUT2D eigenvalue weighted by molar-refractivity contribution is 0.121. The van der Waals surface area contributed by atoms with Crippen molar-refractivity contribution in [2.45, 2.75) is 13.1 Å². The maximum Gasteiger partial charge on any atom is 0.345 e. The lowest BCUT2D eigenvalue weighted by Gasteiger charge is -2.34. The first kappa shape index (κ1) is 20.4. The number of phenolic OH excluding ortho intramolecular Hbond substituents is 1. The van der Waals surface area contributed by atoms with Gasteiger partial charge in [-0.05, 0) is 35.9 Å². The van der Waals surface area contributed by atoms with Crippen molar-refractivity contribution < 1.29 is 9.52 Å². The second kappa shape index (κ2) is 8.94. The molecule has 3 heterocycles. The minimum Gasteiger partial charge on any atom is -0.507 e. The molecule has 1 aliphatic heterocycles. The molecule has 1 fully saturated rings. The molecule has 5 rings (SSSR count). The summed E-state index contributed by atoms with van der Waals surface area (Å²) in [4.78, 5) is 21.7. The van der Waals surface area contributed by atoms with E-state index in [1.165, 1.54) is 5.56 Å². The second-order valence-corrected chi connectivity index (χ2v) is 8.18. The van der Waals surface area contributed by atoms with Gasteiger partial charge < -0.3 is 9.52 Å². The van der Waals surface area contributed by atoms with Crippen molar-refractivity contribution in [3.63, 3.8) is 0 Å². The van der Waals surface area contributed by atoms with E-state index in [-0.39, 0.29) is 5.75 Å². The quantitative estimate of drug-likeness (QED) is 0.488. The maximum absolute atomic E-state index is 12.7. The van der Waals surface area contributed by atoms with E-state index in [1.54, 1.807) is 30.5 Å². The number of rotatable bonds is 5. The van der Waals surface area contributed by atoms with Crippen molar-refractivity contribution in [1.82, 2.24) is 14.8 Å². The topological polar surface area (TPSA) is 69.8 Å². The molecule has 2 aromatic carbocycles. The first-order valence-corrected chi connectivity index (χ1v) is 10.9. The Labute approximate surface area is 186 Å². The largest absolute Gasteiger partial charge is 0.507 e. The zero-order chi connectivity index (χ0) is 21.9. The first-order chi connectivity index (χ1) is 15.7. The number of aromatic nitrogens is 1. The zero-order valence-electron chi connectivity index (χ0n) is 17.8. The van der Waals surface area contributed by atoms with E-state index in [4.69, 9.17) is 4.42 Å². The highest BCUT2D eigenvalue weighted by molar-refractivity contribution is 5.85. The van der Waals surface area contributed by atoms with Gasteiger partial charge in [0.15, 0.2) is 0 Å². The summed E-state index contributed by atoms with van der Waals surface area (Å²) in [5.74, 6) is 0.151. The molecular weight excluding hydrogens is 402 g/mol. The predicted molar refractivity (Wildman–Crippen MR) is 124 cm³/mol. The number of aromatic hydroxyl groups is 1. The summed E-state index contributed by atoms with van der Waals surface area (Å²) in [5, 5.41) is 11.3. The van der Waals surface area contributed by atoms with Gasteiger partial charge in [-0.3, -0.25) is 14.8 Å². The number of nitrogens with zero attached hydrogens (tertiary/aromatic N) is 3. The SMILES string of the molecule is O=c1oc2c(CN3CCN(Cc4ccccc4)CC3)c(O)ccc2cc1-c1ccccn1. The summed E-state index contributed by atoms with van der Waals surface area (Å²) in [6.45, 7) is 5.16. The maximum atomic E-state index is 12.7. The van der Waals surface area contributed by atoms with E-state index in [0.29, 0.717) is 28.9 Å². The van der Waals surface area contributed by atoms with Crippen LogP contribution in [0.3, 0.4) is 0 Å². The fourth-order valence-corrected chi connectivity index (χ4v) is 4.26. The van der Waals surface area contributed by atoms with Crippen LogP contribution in [-0.2, 0) is 13.1 Å². The van der Waals surface area contributed by atoms with Crippen LogP contribution in [0.5, 0.6) is 5.75 Å². The number of phenols is 1. The molecule has 1 saturated heterocycles. The van der Waals surface area contributed by atoms with Gasteiger partial charge in [0.25, 0.3) is 0 Å². The van der Waals surface area contributed by atoms with Gasteiger partial charge >= 0.3 is 5.63 Å². The molecule has 32 heavy (non-hydrogen) atoms. The molecule has 2 aromatic heterocycles. The number of fused-ring (bicyclic) bond motifs is 1. The van der Waals surface area contributed by atoms with Crippen molar-refractivity contribution >= 4 is 11.0 Å². The Kier molecular flexibility index (Phi) is 5.71. The Morgan fingerprint density at radius 1 is 0.875 bits per heavy atom. The lowest BCUT2D eigenvalue weighted by Crippen LogP contribution is -2.45. The van der Waals surface area contributed by atoms with Crippen LogP contribution >= 0.6 is 0 Å². The van der Waals surface area contributed by atoms with Gasteiger partial charge in [0, 0.05) is 50.9 Å². The summed E-state index contributed by atoms with van der Waals surface area (Å²) >= 11 is 0. The van der Waals surface area contributed by atoms with E-state index >= 15 is 0 Å². The molecule has 0 bridgehead atoms. The van der Waals surface area contributed by atoms with Crippen molar-refractivity contribution in [2.24, 2.45) is 0 Å². The van der Waals surface area contributed by atoms with Crippen LogP contribution in [0, 0.1) is 0 Å². The minimum atomic E-state index is -0.448. The highest BCUT2D eigenvalue weighted by Crippen LogP contribution is 2.30. The normalized spacial score (nSPS) is 15.2. The molecule has 0 atom stereocenters. The van der Waals surface area contributed by atoms with Gasteiger partial charge in [0.05, 0.1) is 16.8 Å². The molecule has 1 N–H and O–H groups in total. The standard InChI is InChI=1S/C26H25N3O3/c30-24-10-9-20-16-21(23-8-4-5-11-27-23)26(31)32-25(20)22(24)18-29-14-12-28(13-15-29)17-19-6-2-1-3-7-19/h1-11,16,30H,12-15,17-18H2. The molecule has 0 aliphatic carbocycles. The van der Waals surface area contributed by atoms with Crippen LogP contribution in [0.25, 0.3) is 22.2 Å². The number of benzene rings is 2. The molecule has 4 aromatic rings. The summed E-state index contributed by atoms with van der Waals surface area (Å²) in [6.07, 6.45) is 1.65. The average Bonchev–Trinajstić information content (AvgIpc) is 2.83. The molecule has 0 saturated carbocycles. The summed E-state index contributed by atoms with van der Waals surface area (Å²) < 4.78 is 5.71. The fraction of sp³-hybridized carbons (Fsp3) is 0.231. The highest BCUT2D eigenvalue weighted by atomic mass is 16.4. The van der Waals surface area contributed by atoms with Gasteiger partial charge in [-0.1, -0.05) is 36.4 Å². The van der Waals surface area contributed by atoms with Crippen LogP contribution in [0.1, 0.15) is 11.1 Å². The third-order valence-corrected chi connectivity index (χ3v) is 6.02. The van der Waals surface area contributed by atoms with E-state index < -0.39 is 5.63 Å². The van der Waals surface area contributed by atoms with Crippen LogP contribution in [0.15, 0.2) is 82.1 Å². The number of hydrogen-bond acceptors (Lipinski definition) is 6. The van der Waals surface area contributed by atoms with Gasteiger partial charge in [-0.25, -0.2) is 4.79 Å². The van der Waals surface area contributed by atoms with E-state index in [1.807, 2.05) is 18.2 Å². The van der Waals surface area contributed by atoms with Crippen LogP contribution in [0.4, 0.5) is 0 Å². The Morgan fingerprint density at radius 3 is 2.31 bits per heavy atom. The Bertz CT molecular complexity index is 1260. The molecule has 0 unspecified atom stereocenters. The van der Waals surface area contributed by atoms with Gasteiger partial charge in [-0.2, -0.15) is 0 Å². The number of piperazine rings is 1. The Hall–Kier alpha value is -3.48. The molecule has 162 valence electrons. The van der Waals surface area contributed by atoms with Gasteiger partial charge in [-0.15, -0.1) is 0 Å². The number of pyridine rings is 1. The zero-order valence-corrected chi connectivity index (χ0v) is 17.8. The number of hydrogen-bond donors (Lipinski definition) is 1. The van der Waals surface area contributed by atoms with Crippen molar-refractivity contribution in [1.29, 1.82) is 0 Å². The van der Waals surface area contributed by atoms with E-state index in [9.17, 15) is 9.90 Å². The van der Waals surface area contributed by atoms with Crippen LogP contribution in [0.2, 0.25) is 0 Å². The van der Waals surface area contributed by atoms with Crippen LogP contribution < -0.4 is 5.63 Å². The molecule has 0 radical (unpaired) electrons. The summed E-state index contributed by atoms with van der Waals surface area (Å²) in [7, 11) is 0. The predicted octanol–water partition coefficient (Wildman–Crippen LogP) is 3.88. The fourth-order valence-electron chi connectivity index (χ4n) is 4.26. The first-order valence-electron chi connectivity index (χ1n) is 10.9. The van der Waals surface area contributed by atoms with Crippen LogP contribution in [-0.4, -0.2) is 46.1 Å². The van der Waals surface area contributed by atoms with E-state index in [2.05, 4.69) is 39.0 Å². The molecule has 0 amide bonds.